The lowest BCUT2D eigenvalue weighted by atomic mass is 10.0. The fourth-order valence-corrected chi connectivity index (χ4v) is 7.55. The van der Waals surface area contributed by atoms with Gasteiger partial charge in [-0.05, 0) is 66.7 Å². The number of benzene rings is 1. The first kappa shape index (κ1) is 21.6. The molecule has 5 rings (SSSR count). The van der Waals surface area contributed by atoms with E-state index in [1.54, 1.807) is 16.4 Å². The van der Waals surface area contributed by atoms with Gasteiger partial charge in [0.2, 0.25) is 15.9 Å². The molecule has 0 radical (unpaired) electrons. The first-order valence-corrected chi connectivity index (χ1v) is 13.1. The number of aromatic nitrogens is 2. The van der Waals surface area contributed by atoms with Crippen LogP contribution in [0, 0.1) is 18.3 Å². The van der Waals surface area contributed by atoms with E-state index in [4.69, 9.17) is 10.00 Å². The predicted octanol–water partition coefficient (Wildman–Crippen LogP) is 4.03. The smallest absolute Gasteiger partial charge is 0.221 e. The maximum atomic E-state index is 12.8. The number of hydrogen-bond donors (Lipinski definition) is 1. The van der Waals surface area contributed by atoms with Crippen molar-refractivity contribution in [3.8, 4) is 11.9 Å². The Morgan fingerprint density at radius 3 is 2.53 bits per heavy atom. The van der Waals surface area contributed by atoms with Gasteiger partial charge in [0.1, 0.15) is 18.2 Å². The van der Waals surface area contributed by atoms with Crippen LogP contribution in [0.25, 0.3) is 0 Å². The Balaban J connectivity index is 1.30. The van der Waals surface area contributed by atoms with Gasteiger partial charge in [-0.3, -0.25) is 0 Å². The number of nitriles is 1. The molecule has 2 aliphatic heterocycles. The molecule has 1 aromatic heterocycles. The molecule has 10 heteroatoms. The zero-order valence-corrected chi connectivity index (χ0v) is 20.1. The standard InChI is InChI=1S/C22H24BrN5O3S/c1-13-21(27-20-7-2-14(11-24)8-19(20)23)25-12-26-22(13)31-17-9-15-3-4-16(10-17)28(15)32(29,30)18-5-6-18/h2,7-8,12,15-18H,3-6,9-10H2,1H3,(H,25,26,27). The van der Waals surface area contributed by atoms with Crippen molar-refractivity contribution in [1.82, 2.24) is 14.3 Å². The van der Waals surface area contributed by atoms with Crippen molar-refractivity contribution in [2.24, 2.45) is 0 Å². The van der Waals surface area contributed by atoms with Crippen molar-refractivity contribution in [1.29, 1.82) is 5.26 Å². The van der Waals surface area contributed by atoms with Gasteiger partial charge in [0.15, 0.2) is 0 Å². The number of anilines is 2. The Morgan fingerprint density at radius 2 is 1.91 bits per heavy atom. The Bertz CT molecular complexity index is 1180. The van der Waals surface area contributed by atoms with Crippen molar-refractivity contribution < 1.29 is 13.2 Å². The van der Waals surface area contributed by atoms with Crippen LogP contribution >= 0.6 is 15.9 Å². The molecule has 1 aromatic carbocycles. The molecule has 3 heterocycles. The molecule has 1 N–H and O–H groups in total. The maximum absolute atomic E-state index is 12.8. The molecule has 2 unspecified atom stereocenters. The average Bonchev–Trinajstić information content (AvgIpc) is 3.58. The van der Waals surface area contributed by atoms with Gasteiger partial charge in [-0.25, -0.2) is 18.4 Å². The zero-order valence-electron chi connectivity index (χ0n) is 17.7. The van der Waals surface area contributed by atoms with Gasteiger partial charge in [0.05, 0.1) is 28.1 Å². The molecular weight excluding hydrogens is 494 g/mol. The van der Waals surface area contributed by atoms with Gasteiger partial charge < -0.3 is 10.1 Å². The van der Waals surface area contributed by atoms with E-state index in [1.165, 1.54) is 6.33 Å². The largest absolute Gasteiger partial charge is 0.474 e. The van der Waals surface area contributed by atoms with Gasteiger partial charge in [-0.2, -0.15) is 9.57 Å². The van der Waals surface area contributed by atoms with Crippen LogP contribution in [0.5, 0.6) is 5.88 Å². The second kappa shape index (κ2) is 8.28. The van der Waals surface area contributed by atoms with E-state index in [-0.39, 0.29) is 23.4 Å². The molecule has 1 aliphatic carbocycles. The van der Waals surface area contributed by atoms with Crippen molar-refractivity contribution in [3.63, 3.8) is 0 Å². The van der Waals surface area contributed by atoms with Crippen LogP contribution in [-0.2, 0) is 10.0 Å². The minimum atomic E-state index is -3.16. The van der Waals surface area contributed by atoms with Crippen LogP contribution < -0.4 is 10.1 Å². The number of sulfonamides is 1. The highest BCUT2D eigenvalue weighted by molar-refractivity contribution is 9.10. The molecule has 2 aromatic rings. The minimum absolute atomic E-state index is 0.0266. The third kappa shape index (κ3) is 3.98. The Labute approximate surface area is 196 Å². The van der Waals surface area contributed by atoms with Gasteiger partial charge >= 0.3 is 0 Å². The number of nitrogens with one attached hydrogen (secondary N) is 1. The Hall–Kier alpha value is -2.22. The number of ether oxygens (including phenoxy) is 1. The highest BCUT2D eigenvalue weighted by atomic mass is 79.9. The van der Waals surface area contributed by atoms with Crippen LogP contribution in [0.3, 0.4) is 0 Å². The minimum Gasteiger partial charge on any atom is -0.474 e. The summed E-state index contributed by atoms with van der Waals surface area (Å²) >= 11 is 3.48. The fraction of sp³-hybridized carbons (Fsp3) is 0.500. The molecule has 3 aliphatic rings. The molecule has 32 heavy (non-hydrogen) atoms. The lowest BCUT2D eigenvalue weighted by Gasteiger charge is -2.37. The van der Waals surface area contributed by atoms with Gasteiger partial charge in [0.25, 0.3) is 0 Å². The first-order valence-electron chi connectivity index (χ1n) is 10.8. The summed E-state index contributed by atoms with van der Waals surface area (Å²) < 4.78 is 34.5. The van der Waals surface area contributed by atoms with E-state index in [2.05, 4.69) is 37.3 Å². The molecule has 1 saturated carbocycles. The van der Waals surface area contributed by atoms with Crippen LogP contribution in [0.4, 0.5) is 11.5 Å². The third-order valence-corrected chi connectivity index (χ3v) is 9.68. The summed E-state index contributed by atoms with van der Waals surface area (Å²) in [6, 6.07) is 7.47. The molecule has 2 saturated heterocycles. The summed E-state index contributed by atoms with van der Waals surface area (Å²) in [6.07, 6.45) is 6.17. The summed E-state index contributed by atoms with van der Waals surface area (Å²) in [5.74, 6) is 1.13. The molecule has 168 valence electrons. The summed E-state index contributed by atoms with van der Waals surface area (Å²) in [7, 11) is -3.16. The number of hydrogen-bond acceptors (Lipinski definition) is 7. The monoisotopic (exact) mass is 517 g/mol. The number of rotatable bonds is 6. The average molecular weight is 518 g/mol. The summed E-state index contributed by atoms with van der Waals surface area (Å²) in [5, 5.41) is 12.2. The molecule has 3 fully saturated rings. The second-order valence-electron chi connectivity index (χ2n) is 8.75. The van der Waals surface area contributed by atoms with Gasteiger partial charge in [-0.1, -0.05) is 0 Å². The van der Waals surface area contributed by atoms with Crippen LogP contribution in [0.2, 0.25) is 0 Å². The number of halogens is 1. The lowest BCUT2D eigenvalue weighted by molar-refractivity contribution is 0.0910. The molecule has 0 spiro atoms. The number of nitrogens with zero attached hydrogens (tertiary/aromatic N) is 4. The van der Waals surface area contributed by atoms with E-state index >= 15 is 0 Å². The number of fused-ring (bicyclic) bond motifs is 2. The number of piperidine rings is 1. The lowest BCUT2D eigenvalue weighted by Crippen LogP contribution is -2.50. The van der Waals surface area contributed by atoms with Gasteiger partial charge in [-0.15, -0.1) is 0 Å². The Morgan fingerprint density at radius 1 is 1.19 bits per heavy atom. The summed E-state index contributed by atoms with van der Waals surface area (Å²) in [4.78, 5) is 8.69. The maximum Gasteiger partial charge on any atom is 0.221 e. The van der Waals surface area contributed by atoms with Crippen LogP contribution in [0.15, 0.2) is 29.0 Å². The normalized spacial score (nSPS) is 25.3. The fourth-order valence-electron chi connectivity index (χ4n) is 4.78. The topological polar surface area (TPSA) is 108 Å². The van der Waals surface area contributed by atoms with Crippen molar-refractivity contribution >= 4 is 37.5 Å². The molecule has 2 atom stereocenters. The second-order valence-corrected chi connectivity index (χ2v) is 11.7. The SMILES string of the molecule is Cc1c(Nc2ccc(C#N)cc2Br)ncnc1OC1CC2CCC(C1)N2S(=O)(=O)C1CC1. The van der Waals surface area contributed by atoms with E-state index in [9.17, 15) is 8.42 Å². The molecular formula is C22H24BrN5O3S. The first-order chi connectivity index (χ1) is 15.4. The highest BCUT2D eigenvalue weighted by Crippen LogP contribution is 2.44. The van der Waals surface area contributed by atoms with Crippen LogP contribution in [0.1, 0.15) is 49.7 Å². The quantitative estimate of drug-likeness (QED) is 0.615. The van der Waals surface area contributed by atoms with E-state index in [0.717, 1.165) is 41.4 Å². The zero-order chi connectivity index (χ0) is 22.5. The van der Waals surface area contributed by atoms with E-state index < -0.39 is 10.0 Å². The van der Waals surface area contributed by atoms with Crippen molar-refractivity contribution in [2.75, 3.05) is 5.32 Å². The van der Waals surface area contributed by atoms with Crippen molar-refractivity contribution in [2.45, 2.75) is 68.9 Å². The third-order valence-electron chi connectivity index (χ3n) is 6.53. The van der Waals surface area contributed by atoms with Crippen LogP contribution in [-0.4, -0.2) is 46.1 Å². The molecule has 2 bridgehead atoms. The Kier molecular flexibility index (Phi) is 5.60. The molecule has 0 amide bonds. The highest BCUT2D eigenvalue weighted by Gasteiger charge is 2.52. The predicted molar refractivity (Wildman–Crippen MR) is 123 cm³/mol. The van der Waals surface area contributed by atoms with E-state index in [1.807, 2.05) is 13.0 Å². The van der Waals surface area contributed by atoms with Crippen molar-refractivity contribution in [3.05, 3.63) is 40.1 Å². The van der Waals surface area contributed by atoms with E-state index in [0.29, 0.717) is 30.1 Å². The van der Waals surface area contributed by atoms with Gasteiger partial charge in [0, 0.05) is 29.4 Å². The summed E-state index contributed by atoms with van der Waals surface area (Å²) in [5.41, 5.74) is 2.13. The summed E-state index contributed by atoms with van der Waals surface area (Å²) in [6.45, 7) is 1.90. The molecule has 8 nitrogen and oxygen atoms in total.